The van der Waals surface area contributed by atoms with Crippen molar-refractivity contribution >= 4 is 17.7 Å². The van der Waals surface area contributed by atoms with Crippen molar-refractivity contribution in [3.63, 3.8) is 0 Å². The van der Waals surface area contributed by atoms with Gasteiger partial charge in [-0.05, 0) is 23.8 Å². The Morgan fingerprint density at radius 1 is 1.08 bits per heavy atom. The second kappa shape index (κ2) is 9.19. The van der Waals surface area contributed by atoms with Gasteiger partial charge in [0.1, 0.15) is 5.56 Å². The predicted octanol–water partition coefficient (Wildman–Crippen LogP) is 3.68. The molecule has 0 radical (unpaired) electrons. The molecule has 134 valence electrons. The third kappa shape index (κ3) is 4.58. The highest BCUT2D eigenvalue weighted by atomic mass is 32.2. The summed E-state index contributed by atoms with van der Waals surface area (Å²) in [4.78, 5) is 12.9. The summed E-state index contributed by atoms with van der Waals surface area (Å²) in [6.45, 7) is -0.102. The lowest BCUT2D eigenvalue weighted by Gasteiger charge is -2.18. The molecule has 0 aliphatic heterocycles. The van der Waals surface area contributed by atoms with E-state index in [2.05, 4.69) is 0 Å². The number of rotatable bonds is 9. The summed E-state index contributed by atoms with van der Waals surface area (Å²) in [6, 6.07) is 11.4. The first kappa shape index (κ1) is 19.0. The van der Waals surface area contributed by atoms with Crippen molar-refractivity contribution in [2.45, 2.75) is 10.6 Å². The Morgan fingerprint density at radius 2 is 1.80 bits per heavy atom. The van der Waals surface area contributed by atoms with Crippen LogP contribution in [-0.4, -0.2) is 39.2 Å². The summed E-state index contributed by atoms with van der Waals surface area (Å²) in [5.74, 6) is 0.0678. The molecule has 25 heavy (non-hydrogen) atoms. The number of benzene rings is 2. The van der Waals surface area contributed by atoms with E-state index >= 15 is 0 Å². The highest BCUT2D eigenvalue weighted by Crippen LogP contribution is 2.43. The van der Waals surface area contributed by atoms with Crippen molar-refractivity contribution in [2.75, 3.05) is 28.1 Å². The van der Waals surface area contributed by atoms with Crippen LogP contribution in [0, 0.1) is 0 Å². The summed E-state index contributed by atoms with van der Waals surface area (Å²) >= 11 is 1.52. The second-order valence-electron chi connectivity index (χ2n) is 4.93. The highest BCUT2D eigenvalue weighted by molar-refractivity contribution is 7.98. The minimum absolute atomic E-state index is 0.0399. The fourth-order valence-corrected chi connectivity index (χ4v) is 3.19. The van der Waals surface area contributed by atoms with E-state index in [1.807, 2.05) is 30.3 Å². The van der Waals surface area contributed by atoms with Crippen LogP contribution in [0.2, 0.25) is 0 Å². The van der Waals surface area contributed by atoms with Crippen molar-refractivity contribution in [2.24, 2.45) is 0 Å². The molecule has 0 aromatic heterocycles. The van der Waals surface area contributed by atoms with Crippen LogP contribution < -0.4 is 14.2 Å². The topological polar surface area (TPSA) is 74.2 Å². The van der Waals surface area contributed by atoms with Crippen molar-refractivity contribution in [3.05, 3.63) is 47.5 Å². The standard InChI is InChI=1S/C18H20O6S/c1-21-11-24-17-15(18(19)20)12(9-14(22-2)16(17)23-3)10-25-13-7-5-4-6-8-13/h4-9H,10-11H2,1-3H3,(H,19,20). The van der Waals surface area contributed by atoms with Crippen LogP contribution in [0.5, 0.6) is 17.2 Å². The summed E-state index contributed by atoms with van der Waals surface area (Å²) < 4.78 is 21.0. The lowest BCUT2D eigenvalue weighted by Crippen LogP contribution is -2.11. The largest absolute Gasteiger partial charge is 0.493 e. The Balaban J connectivity index is 2.47. The van der Waals surface area contributed by atoms with Crippen molar-refractivity contribution in [1.82, 2.24) is 0 Å². The lowest BCUT2D eigenvalue weighted by atomic mass is 10.1. The van der Waals surface area contributed by atoms with Gasteiger partial charge in [0.15, 0.2) is 18.3 Å². The first-order valence-corrected chi connectivity index (χ1v) is 8.41. The number of hydrogen-bond acceptors (Lipinski definition) is 6. The van der Waals surface area contributed by atoms with Gasteiger partial charge in [-0.2, -0.15) is 0 Å². The smallest absolute Gasteiger partial charge is 0.339 e. The Hall–Kier alpha value is -2.38. The zero-order valence-corrected chi connectivity index (χ0v) is 15.1. The maximum Gasteiger partial charge on any atom is 0.339 e. The molecule has 0 heterocycles. The fraction of sp³-hybridized carbons (Fsp3) is 0.278. The quantitative estimate of drug-likeness (QED) is 0.537. The van der Waals surface area contributed by atoms with E-state index in [1.54, 1.807) is 6.07 Å². The van der Waals surface area contributed by atoms with Crippen LogP contribution in [0.3, 0.4) is 0 Å². The van der Waals surface area contributed by atoms with E-state index in [-0.39, 0.29) is 23.9 Å². The molecule has 0 aliphatic carbocycles. The second-order valence-corrected chi connectivity index (χ2v) is 5.98. The molecular formula is C18H20O6S. The molecule has 0 spiro atoms. The van der Waals surface area contributed by atoms with Crippen LogP contribution >= 0.6 is 11.8 Å². The molecule has 2 aromatic rings. The predicted molar refractivity (Wildman–Crippen MR) is 95.0 cm³/mol. The molecular weight excluding hydrogens is 344 g/mol. The molecule has 0 bridgehead atoms. The molecule has 6 nitrogen and oxygen atoms in total. The van der Waals surface area contributed by atoms with Crippen LogP contribution in [0.1, 0.15) is 15.9 Å². The van der Waals surface area contributed by atoms with Gasteiger partial charge < -0.3 is 24.1 Å². The van der Waals surface area contributed by atoms with E-state index in [0.717, 1.165) is 4.90 Å². The zero-order valence-electron chi connectivity index (χ0n) is 14.3. The van der Waals surface area contributed by atoms with Gasteiger partial charge in [0.25, 0.3) is 0 Å². The fourth-order valence-electron chi connectivity index (χ4n) is 2.29. The molecule has 0 amide bonds. The van der Waals surface area contributed by atoms with Crippen molar-refractivity contribution < 1.29 is 28.8 Å². The van der Waals surface area contributed by atoms with Gasteiger partial charge in [-0.15, -0.1) is 11.8 Å². The summed E-state index contributed by atoms with van der Waals surface area (Å²) in [7, 11) is 4.38. The summed E-state index contributed by atoms with van der Waals surface area (Å²) in [5, 5.41) is 9.70. The van der Waals surface area contributed by atoms with Gasteiger partial charge in [0.05, 0.1) is 14.2 Å². The van der Waals surface area contributed by atoms with Gasteiger partial charge in [-0.3, -0.25) is 0 Å². The van der Waals surface area contributed by atoms with E-state index < -0.39 is 5.97 Å². The van der Waals surface area contributed by atoms with Crippen molar-refractivity contribution in [3.8, 4) is 17.2 Å². The number of methoxy groups -OCH3 is 3. The molecule has 1 N–H and O–H groups in total. The Morgan fingerprint density at radius 3 is 2.36 bits per heavy atom. The van der Waals surface area contributed by atoms with E-state index in [1.165, 1.54) is 33.1 Å². The first-order valence-electron chi connectivity index (χ1n) is 7.43. The summed E-state index contributed by atoms with van der Waals surface area (Å²) in [6.07, 6.45) is 0. The van der Waals surface area contributed by atoms with Gasteiger partial charge in [0, 0.05) is 17.8 Å². The van der Waals surface area contributed by atoms with E-state index in [0.29, 0.717) is 17.1 Å². The van der Waals surface area contributed by atoms with Gasteiger partial charge >= 0.3 is 5.97 Å². The SMILES string of the molecule is COCOc1c(OC)c(OC)cc(CSc2ccccc2)c1C(=O)O. The lowest BCUT2D eigenvalue weighted by molar-refractivity contribution is 0.0461. The minimum atomic E-state index is -1.10. The number of aromatic carboxylic acids is 1. The third-order valence-corrected chi connectivity index (χ3v) is 4.44. The van der Waals surface area contributed by atoms with Gasteiger partial charge in [0.2, 0.25) is 5.75 Å². The molecule has 7 heteroatoms. The minimum Gasteiger partial charge on any atom is -0.493 e. The average Bonchev–Trinajstić information content (AvgIpc) is 2.64. The molecule has 0 saturated carbocycles. The normalized spacial score (nSPS) is 10.4. The monoisotopic (exact) mass is 364 g/mol. The third-order valence-electron chi connectivity index (χ3n) is 3.38. The van der Waals surface area contributed by atoms with E-state index in [4.69, 9.17) is 18.9 Å². The zero-order chi connectivity index (χ0) is 18.2. The molecule has 0 saturated heterocycles. The van der Waals surface area contributed by atoms with Crippen molar-refractivity contribution in [1.29, 1.82) is 0 Å². The number of ether oxygens (including phenoxy) is 4. The van der Waals surface area contributed by atoms with Crippen LogP contribution in [0.25, 0.3) is 0 Å². The maximum atomic E-state index is 11.9. The Bertz CT molecular complexity index is 717. The van der Waals surface area contributed by atoms with Gasteiger partial charge in [-0.25, -0.2) is 4.79 Å². The maximum absolute atomic E-state index is 11.9. The van der Waals surface area contributed by atoms with Crippen LogP contribution in [0.15, 0.2) is 41.3 Å². The number of thioether (sulfide) groups is 1. The molecule has 2 rings (SSSR count). The van der Waals surface area contributed by atoms with Crippen LogP contribution in [0.4, 0.5) is 0 Å². The molecule has 0 atom stereocenters. The molecule has 2 aromatic carbocycles. The van der Waals surface area contributed by atoms with Crippen LogP contribution in [-0.2, 0) is 10.5 Å². The average molecular weight is 364 g/mol. The Labute approximate surface area is 150 Å². The number of carboxylic acid groups (broad SMARTS) is 1. The highest BCUT2D eigenvalue weighted by Gasteiger charge is 2.25. The Kier molecular flexibility index (Phi) is 6.97. The first-order chi connectivity index (χ1) is 12.1. The van der Waals surface area contributed by atoms with Gasteiger partial charge in [-0.1, -0.05) is 18.2 Å². The molecule has 0 unspecified atom stereocenters. The number of hydrogen-bond donors (Lipinski definition) is 1. The number of carbonyl (C=O) groups is 1. The number of carboxylic acids is 1. The summed E-state index contributed by atoms with van der Waals surface area (Å²) in [5.41, 5.74) is 0.614. The van der Waals surface area contributed by atoms with E-state index in [9.17, 15) is 9.90 Å². The molecule has 0 aliphatic rings. The molecule has 0 fully saturated rings.